The van der Waals surface area contributed by atoms with Gasteiger partial charge in [-0.05, 0) is 83.2 Å². The molecule has 1 saturated heterocycles. The smallest absolute Gasteiger partial charge is 0.330 e. The normalized spacial score (nSPS) is 16.4. The zero-order chi connectivity index (χ0) is 41.9. The molecule has 4 N–H and O–H groups in total. The molecule has 304 valence electrons. The summed E-state index contributed by atoms with van der Waals surface area (Å²) < 4.78 is 0. The number of pyridine rings is 1. The lowest BCUT2D eigenvalue weighted by Gasteiger charge is -2.35. The first-order valence-corrected chi connectivity index (χ1v) is 19.0. The molecule has 0 radical (unpaired) electrons. The molecule has 4 heterocycles. The fourth-order valence-corrected chi connectivity index (χ4v) is 6.73. The van der Waals surface area contributed by atoms with E-state index in [2.05, 4.69) is 36.2 Å². The molecule has 1 aromatic carbocycles. The average molecular weight is 784 g/mol. The number of benzene rings is 1. The van der Waals surface area contributed by atoms with Crippen molar-refractivity contribution in [3.8, 4) is 0 Å². The Bertz CT molecular complexity index is 2050. The summed E-state index contributed by atoms with van der Waals surface area (Å²) in [7, 11) is 4.83. The molecular weight excluding hydrogens is 731 g/mol. The van der Waals surface area contributed by atoms with E-state index in [1.807, 2.05) is 39.8 Å². The van der Waals surface area contributed by atoms with E-state index < -0.39 is 47.3 Å². The number of rotatable bonds is 12. The van der Waals surface area contributed by atoms with Crippen LogP contribution in [0.25, 0.3) is 0 Å². The van der Waals surface area contributed by atoms with Crippen LogP contribution in [-0.2, 0) is 25.7 Å². The first-order valence-electron chi connectivity index (χ1n) is 19.0. The summed E-state index contributed by atoms with van der Waals surface area (Å²) in [6, 6.07) is 5.69. The number of aromatic nitrogens is 3. The van der Waals surface area contributed by atoms with Crippen molar-refractivity contribution in [2.24, 2.45) is 5.92 Å². The molecule has 17 heteroatoms. The summed E-state index contributed by atoms with van der Waals surface area (Å²) in [5.74, 6) is -1.73. The van der Waals surface area contributed by atoms with Gasteiger partial charge in [0.2, 0.25) is 29.6 Å². The summed E-state index contributed by atoms with van der Waals surface area (Å²) in [5.41, 5.74) is 2.37. The van der Waals surface area contributed by atoms with Crippen LogP contribution in [0.15, 0.2) is 42.7 Å². The Labute approximate surface area is 333 Å². The molecular formula is C40H53N11O6. The molecule has 3 aromatic rings. The number of aryl methyl sites for hydroxylation is 2. The van der Waals surface area contributed by atoms with Crippen molar-refractivity contribution in [3.05, 3.63) is 65.1 Å². The number of likely N-dealkylation sites (N-methyl/N-ethyl adjacent to an activating group) is 1. The molecule has 5 rings (SSSR count). The van der Waals surface area contributed by atoms with Crippen molar-refractivity contribution in [1.82, 2.24) is 40.7 Å². The quantitative estimate of drug-likeness (QED) is 0.212. The highest BCUT2D eigenvalue weighted by Crippen LogP contribution is 2.32. The lowest BCUT2D eigenvalue weighted by atomic mass is 9.98. The summed E-state index contributed by atoms with van der Waals surface area (Å²) in [6.07, 6.45) is 4.26. The number of hydrogen-bond donors (Lipinski definition) is 4. The van der Waals surface area contributed by atoms with Crippen LogP contribution in [-0.4, -0.2) is 112 Å². The summed E-state index contributed by atoms with van der Waals surface area (Å²) in [6.45, 7) is 12.4. The van der Waals surface area contributed by atoms with E-state index in [4.69, 9.17) is 0 Å². The van der Waals surface area contributed by atoms with Crippen molar-refractivity contribution in [3.63, 3.8) is 0 Å². The van der Waals surface area contributed by atoms with E-state index in [0.717, 1.165) is 11.3 Å². The van der Waals surface area contributed by atoms with Crippen molar-refractivity contribution in [2.75, 3.05) is 42.8 Å². The Morgan fingerprint density at radius 2 is 1.68 bits per heavy atom. The van der Waals surface area contributed by atoms with E-state index in [1.165, 1.54) is 14.7 Å². The molecule has 2 unspecified atom stereocenters. The van der Waals surface area contributed by atoms with Crippen LogP contribution in [0, 0.1) is 19.8 Å². The number of likely N-dealkylation sites (tertiary alicyclic amines) is 1. The molecule has 2 aliphatic rings. The largest absolute Gasteiger partial charge is 0.347 e. The molecule has 0 saturated carbocycles. The van der Waals surface area contributed by atoms with Gasteiger partial charge in [0.05, 0.1) is 18.4 Å². The van der Waals surface area contributed by atoms with Crippen molar-refractivity contribution in [1.29, 1.82) is 0 Å². The summed E-state index contributed by atoms with van der Waals surface area (Å²) in [5, 5.41) is 11.4. The topological polar surface area (TPSA) is 202 Å². The summed E-state index contributed by atoms with van der Waals surface area (Å²) >= 11 is 0. The monoisotopic (exact) mass is 783 g/mol. The van der Waals surface area contributed by atoms with Gasteiger partial charge in [0.15, 0.2) is 0 Å². The Balaban J connectivity index is 1.24. The molecule has 17 nitrogen and oxygen atoms in total. The first-order chi connectivity index (χ1) is 26.8. The summed E-state index contributed by atoms with van der Waals surface area (Å²) in [4.78, 5) is 99.7. The van der Waals surface area contributed by atoms with Gasteiger partial charge in [-0.2, -0.15) is 4.98 Å². The van der Waals surface area contributed by atoms with Gasteiger partial charge in [-0.1, -0.05) is 19.9 Å². The minimum absolute atomic E-state index is 0.162. The fraction of sp³-hybridized carbons (Fsp3) is 0.475. The number of urea groups is 1. The molecule has 2 aromatic heterocycles. The molecule has 1 fully saturated rings. The standard InChI is InChI=1S/C40H53N11O6/c1-22(2)31(36(55)48(8)9)45-37(56)40(6,7)47-34(53)29-12-11-17-50(29)35(54)25(5)43-33(52)26-15-13-23(3)30(18-26)51-21-27-19-42-38(46-32(27)49(10)39(51)57)44-28-16-14-24(4)41-20-28/h13-16,18-20,22,25,29,31H,11-12,17,21H2,1-10H3,(H,43,52)(H,45,56)(H,47,53)(H,42,44,46)/t25?,29-,31?/m0/s1. The third-order valence-corrected chi connectivity index (χ3v) is 10.2. The number of nitrogens with zero attached hydrogens (tertiary/aromatic N) is 7. The van der Waals surface area contributed by atoms with Gasteiger partial charge in [-0.15, -0.1) is 0 Å². The van der Waals surface area contributed by atoms with Crippen molar-refractivity contribution in [2.45, 2.75) is 91.5 Å². The molecule has 57 heavy (non-hydrogen) atoms. The third-order valence-electron chi connectivity index (χ3n) is 10.2. The van der Waals surface area contributed by atoms with E-state index in [0.29, 0.717) is 48.1 Å². The number of amides is 7. The van der Waals surface area contributed by atoms with Gasteiger partial charge in [-0.25, -0.2) is 9.78 Å². The van der Waals surface area contributed by atoms with Crippen LogP contribution in [0.2, 0.25) is 0 Å². The van der Waals surface area contributed by atoms with Gasteiger partial charge in [-0.3, -0.25) is 38.8 Å². The van der Waals surface area contributed by atoms with Gasteiger partial charge in [0, 0.05) is 56.4 Å². The van der Waals surface area contributed by atoms with E-state index >= 15 is 0 Å². The Morgan fingerprint density at radius 1 is 0.965 bits per heavy atom. The molecule has 0 aliphatic carbocycles. The van der Waals surface area contributed by atoms with E-state index in [-0.39, 0.29) is 30.0 Å². The SMILES string of the molecule is Cc1ccc(Nc2ncc3c(n2)N(C)C(=O)N(c2cc(C(=O)NC(C)C(=O)N4CCC[C@H]4C(=O)NC(C)(C)C(=O)NC(C(=O)N(C)C)C(C)C)ccc2C)C3)cn1. The van der Waals surface area contributed by atoms with Gasteiger partial charge >= 0.3 is 6.03 Å². The van der Waals surface area contributed by atoms with Crippen LogP contribution in [0.5, 0.6) is 0 Å². The van der Waals surface area contributed by atoms with Gasteiger partial charge in [0.1, 0.15) is 29.5 Å². The fourth-order valence-electron chi connectivity index (χ4n) is 6.73. The second kappa shape index (κ2) is 16.9. The Hall–Kier alpha value is -6.13. The highest BCUT2D eigenvalue weighted by atomic mass is 16.2. The predicted octanol–water partition coefficient (Wildman–Crippen LogP) is 3.04. The van der Waals surface area contributed by atoms with E-state index in [9.17, 15) is 28.8 Å². The van der Waals surface area contributed by atoms with Gasteiger partial charge in [0.25, 0.3) is 5.91 Å². The number of nitrogens with one attached hydrogen (secondary N) is 4. The van der Waals surface area contributed by atoms with Crippen molar-refractivity contribution < 1.29 is 28.8 Å². The zero-order valence-electron chi connectivity index (χ0n) is 34.3. The highest BCUT2D eigenvalue weighted by Gasteiger charge is 2.41. The molecule has 7 amide bonds. The second-order valence-corrected chi connectivity index (χ2v) is 15.7. The van der Waals surface area contributed by atoms with Crippen LogP contribution in [0.1, 0.15) is 74.6 Å². The van der Waals surface area contributed by atoms with Gasteiger partial charge < -0.3 is 31.1 Å². The molecule has 3 atom stereocenters. The minimum Gasteiger partial charge on any atom is -0.347 e. The average Bonchev–Trinajstić information content (AvgIpc) is 3.66. The second-order valence-electron chi connectivity index (χ2n) is 15.7. The lowest BCUT2D eigenvalue weighted by Crippen LogP contribution is -2.62. The lowest BCUT2D eigenvalue weighted by molar-refractivity contribution is -0.142. The van der Waals surface area contributed by atoms with Crippen LogP contribution in [0.3, 0.4) is 0 Å². The number of carbonyl (C=O) groups is 6. The molecule has 0 bridgehead atoms. The maximum atomic E-state index is 13.7. The molecule has 2 aliphatic heterocycles. The predicted molar refractivity (Wildman–Crippen MR) is 215 cm³/mol. The maximum Gasteiger partial charge on any atom is 0.330 e. The van der Waals surface area contributed by atoms with Crippen LogP contribution >= 0.6 is 0 Å². The third kappa shape index (κ3) is 9.30. The van der Waals surface area contributed by atoms with Crippen LogP contribution in [0.4, 0.5) is 27.9 Å². The first kappa shape index (κ1) is 42.0. The number of hydrogen-bond acceptors (Lipinski definition) is 10. The van der Waals surface area contributed by atoms with Crippen LogP contribution < -0.4 is 31.1 Å². The van der Waals surface area contributed by atoms with E-state index in [1.54, 1.807) is 77.4 Å². The Kier molecular flexibility index (Phi) is 12.5. The zero-order valence-corrected chi connectivity index (χ0v) is 34.3. The maximum absolute atomic E-state index is 13.7. The minimum atomic E-state index is -1.39. The molecule has 0 spiro atoms. The van der Waals surface area contributed by atoms with Crippen molar-refractivity contribution >= 4 is 58.7 Å². The number of fused-ring (bicyclic) bond motifs is 1. The number of anilines is 4. The highest BCUT2D eigenvalue weighted by molar-refractivity contribution is 6.07. The number of carbonyl (C=O) groups excluding carboxylic acids is 6. The Morgan fingerprint density at radius 3 is 2.33 bits per heavy atom.